The van der Waals surface area contributed by atoms with E-state index >= 15 is 0 Å². The van der Waals surface area contributed by atoms with Crippen molar-refractivity contribution >= 4 is 32.7 Å². The number of piperazine rings is 1. The Morgan fingerprint density at radius 2 is 1.62 bits per heavy atom. The highest BCUT2D eigenvalue weighted by atomic mass is 32.2. The zero-order chi connectivity index (χ0) is 22.6. The highest BCUT2D eigenvalue weighted by Gasteiger charge is 2.27. The Balaban J connectivity index is 1.51. The molecule has 1 fully saturated rings. The molecule has 170 valence electrons. The van der Waals surface area contributed by atoms with Crippen LogP contribution in [0.5, 0.6) is 0 Å². The minimum absolute atomic E-state index is 0.0288. The molecule has 1 atom stereocenters. The second-order valence-corrected chi connectivity index (χ2v) is 11.1. The zero-order valence-corrected chi connectivity index (χ0v) is 20.1. The van der Waals surface area contributed by atoms with Crippen molar-refractivity contribution in [2.24, 2.45) is 0 Å². The number of benzene rings is 2. The molecule has 1 aliphatic heterocycles. The summed E-state index contributed by atoms with van der Waals surface area (Å²) < 4.78 is 28.7. The van der Waals surface area contributed by atoms with E-state index in [9.17, 15) is 8.42 Å². The number of thiophene rings is 1. The number of rotatable bonds is 8. The molecule has 1 saturated heterocycles. The van der Waals surface area contributed by atoms with Gasteiger partial charge in [-0.15, -0.1) is 11.3 Å². The summed E-state index contributed by atoms with van der Waals surface area (Å²) in [7, 11) is 0.526. The van der Waals surface area contributed by atoms with Crippen molar-refractivity contribution in [1.29, 1.82) is 0 Å². The van der Waals surface area contributed by atoms with E-state index in [1.165, 1.54) is 17.0 Å². The maximum atomic E-state index is 12.8. The highest BCUT2D eigenvalue weighted by Crippen LogP contribution is 2.26. The largest absolute Gasteiger partial charge is 0.378 e. The quantitative estimate of drug-likeness (QED) is 0.545. The average Bonchev–Trinajstić information content (AvgIpc) is 3.37. The third-order valence-electron chi connectivity index (χ3n) is 5.90. The summed E-state index contributed by atoms with van der Waals surface area (Å²) in [5.41, 5.74) is 3.48. The van der Waals surface area contributed by atoms with Gasteiger partial charge in [0.25, 0.3) is 0 Å². The lowest BCUT2D eigenvalue weighted by Gasteiger charge is -2.40. The second-order valence-electron chi connectivity index (χ2n) is 8.14. The van der Waals surface area contributed by atoms with Gasteiger partial charge in [0, 0.05) is 64.2 Å². The first kappa shape index (κ1) is 22.8. The van der Waals surface area contributed by atoms with E-state index in [4.69, 9.17) is 0 Å². The Hall–Kier alpha value is -2.39. The third-order valence-corrected chi connectivity index (χ3v) is 8.72. The standard InChI is InChI=1S/C24H30N4O2S2/c1-26(2)21-12-10-20(11-13-21)23(19-25-32(29,30)24-9-6-18-31-24)28-16-14-27(15-17-28)22-7-4-3-5-8-22/h3-13,18,23,25H,14-17,19H2,1-2H3. The number of anilines is 2. The van der Waals surface area contributed by atoms with E-state index in [2.05, 4.69) is 68.0 Å². The van der Waals surface area contributed by atoms with Crippen LogP contribution in [-0.2, 0) is 10.0 Å². The number of hydrogen-bond acceptors (Lipinski definition) is 6. The Morgan fingerprint density at radius 1 is 0.938 bits per heavy atom. The summed E-state index contributed by atoms with van der Waals surface area (Å²) in [6.07, 6.45) is 0. The van der Waals surface area contributed by atoms with Gasteiger partial charge in [-0.25, -0.2) is 13.1 Å². The molecular weight excluding hydrogens is 440 g/mol. The van der Waals surface area contributed by atoms with Crippen molar-refractivity contribution < 1.29 is 8.42 Å². The molecule has 6 nitrogen and oxygen atoms in total. The van der Waals surface area contributed by atoms with Crippen LogP contribution in [0.15, 0.2) is 76.3 Å². The first-order valence-electron chi connectivity index (χ1n) is 10.8. The molecule has 0 aliphatic carbocycles. The molecule has 0 radical (unpaired) electrons. The fourth-order valence-electron chi connectivity index (χ4n) is 4.06. The van der Waals surface area contributed by atoms with Crippen molar-refractivity contribution in [2.75, 3.05) is 56.6 Å². The van der Waals surface area contributed by atoms with E-state index in [1.54, 1.807) is 17.5 Å². The number of nitrogens with zero attached hydrogens (tertiary/aromatic N) is 3. The molecule has 2 aromatic carbocycles. The van der Waals surface area contributed by atoms with Crippen LogP contribution in [0.25, 0.3) is 0 Å². The molecule has 4 rings (SSSR count). The monoisotopic (exact) mass is 470 g/mol. The molecule has 1 unspecified atom stereocenters. The topological polar surface area (TPSA) is 55.9 Å². The van der Waals surface area contributed by atoms with E-state index in [0.29, 0.717) is 10.8 Å². The van der Waals surface area contributed by atoms with E-state index < -0.39 is 10.0 Å². The van der Waals surface area contributed by atoms with Crippen LogP contribution in [0.4, 0.5) is 11.4 Å². The van der Waals surface area contributed by atoms with Crippen LogP contribution in [0.1, 0.15) is 11.6 Å². The van der Waals surface area contributed by atoms with Gasteiger partial charge in [0.15, 0.2) is 0 Å². The van der Waals surface area contributed by atoms with Gasteiger partial charge in [0.05, 0.1) is 0 Å². The summed E-state index contributed by atoms with van der Waals surface area (Å²) in [6.45, 7) is 3.90. The lowest BCUT2D eigenvalue weighted by molar-refractivity contribution is 0.187. The number of sulfonamides is 1. The summed E-state index contributed by atoms with van der Waals surface area (Å²) in [6, 6.07) is 22.2. The van der Waals surface area contributed by atoms with Crippen LogP contribution in [0.3, 0.4) is 0 Å². The number of para-hydroxylation sites is 1. The maximum absolute atomic E-state index is 12.8. The Kier molecular flexibility index (Phi) is 7.15. The normalized spacial score (nSPS) is 16.1. The number of nitrogens with one attached hydrogen (secondary N) is 1. The van der Waals surface area contributed by atoms with Gasteiger partial charge in [-0.3, -0.25) is 4.90 Å². The predicted octanol–water partition coefficient (Wildman–Crippen LogP) is 3.66. The van der Waals surface area contributed by atoms with Gasteiger partial charge in [0.1, 0.15) is 4.21 Å². The average molecular weight is 471 g/mol. The fraction of sp³-hybridized carbons (Fsp3) is 0.333. The Labute approximate surface area is 195 Å². The summed E-state index contributed by atoms with van der Waals surface area (Å²) in [5, 5.41) is 1.79. The second kappa shape index (κ2) is 10.0. The van der Waals surface area contributed by atoms with Crippen molar-refractivity contribution in [3.05, 3.63) is 77.7 Å². The van der Waals surface area contributed by atoms with Crippen LogP contribution < -0.4 is 14.5 Å². The van der Waals surface area contributed by atoms with Gasteiger partial charge in [-0.1, -0.05) is 36.4 Å². The van der Waals surface area contributed by atoms with Crippen LogP contribution >= 0.6 is 11.3 Å². The molecule has 0 amide bonds. The first-order valence-corrected chi connectivity index (χ1v) is 13.1. The molecule has 8 heteroatoms. The molecule has 1 N–H and O–H groups in total. The van der Waals surface area contributed by atoms with Gasteiger partial charge in [-0.2, -0.15) is 0 Å². The molecular formula is C24H30N4O2S2. The maximum Gasteiger partial charge on any atom is 0.250 e. The van der Waals surface area contributed by atoms with E-state index in [-0.39, 0.29) is 6.04 Å². The SMILES string of the molecule is CN(C)c1ccc(C(CNS(=O)(=O)c2cccs2)N2CCN(c3ccccc3)CC2)cc1. The molecule has 32 heavy (non-hydrogen) atoms. The van der Waals surface area contributed by atoms with E-state index in [1.807, 2.05) is 20.2 Å². The molecule has 0 spiro atoms. The molecule has 0 saturated carbocycles. The minimum Gasteiger partial charge on any atom is -0.378 e. The molecule has 0 bridgehead atoms. The molecule has 1 aromatic heterocycles. The minimum atomic E-state index is -3.51. The fourth-order valence-corrected chi connectivity index (χ4v) is 6.13. The zero-order valence-electron chi connectivity index (χ0n) is 18.5. The summed E-state index contributed by atoms with van der Waals surface area (Å²) in [5.74, 6) is 0. The van der Waals surface area contributed by atoms with Gasteiger partial charge in [0.2, 0.25) is 10.0 Å². The summed E-state index contributed by atoms with van der Waals surface area (Å²) >= 11 is 1.24. The molecule has 1 aliphatic rings. The van der Waals surface area contributed by atoms with Crippen LogP contribution in [-0.4, -0.2) is 60.1 Å². The van der Waals surface area contributed by atoms with Crippen molar-refractivity contribution in [1.82, 2.24) is 9.62 Å². The van der Waals surface area contributed by atoms with Gasteiger partial charge in [-0.05, 0) is 41.3 Å². The Morgan fingerprint density at radius 3 is 2.22 bits per heavy atom. The summed E-state index contributed by atoms with van der Waals surface area (Å²) in [4.78, 5) is 6.84. The van der Waals surface area contributed by atoms with E-state index in [0.717, 1.165) is 37.4 Å². The smallest absolute Gasteiger partial charge is 0.250 e. The van der Waals surface area contributed by atoms with Gasteiger partial charge >= 0.3 is 0 Å². The van der Waals surface area contributed by atoms with Crippen LogP contribution in [0, 0.1) is 0 Å². The lowest BCUT2D eigenvalue weighted by Crippen LogP contribution is -2.49. The highest BCUT2D eigenvalue weighted by molar-refractivity contribution is 7.91. The first-order chi connectivity index (χ1) is 15.4. The lowest BCUT2D eigenvalue weighted by atomic mass is 10.0. The third kappa shape index (κ3) is 5.32. The van der Waals surface area contributed by atoms with Crippen molar-refractivity contribution in [3.63, 3.8) is 0 Å². The number of hydrogen-bond donors (Lipinski definition) is 1. The predicted molar refractivity (Wildman–Crippen MR) is 133 cm³/mol. The molecule has 3 aromatic rings. The van der Waals surface area contributed by atoms with Crippen LogP contribution in [0.2, 0.25) is 0 Å². The molecule has 2 heterocycles. The van der Waals surface area contributed by atoms with Crippen molar-refractivity contribution in [2.45, 2.75) is 10.3 Å². The van der Waals surface area contributed by atoms with Gasteiger partial charge < -0.3 is 9.80 Å². The Bertz CT molecular complexity index is 1080. The van der Waals surface area contributed by atoms with Crippen molar-refractivity contribution in [3.8, 4) is 0 Å².